The van der Waals surface area contributed by atoms with Crippen LogP contribution in [0.3, 0.4) is 0 Å². The molecule has 1 aromatic carbocycles. The smallest absolute Gasteiger partial charge is 0.272 e. The van der Waals surface area contributed by atoms with Gasteiger partial charge in [-0.05, 0) is 61.7 Å². The number of hydrogen-bond acceptors (Lipinski definition) is 5. The average molecular weight is 388 g/mol. The second-order valence-corrected chi connectivity index (χ2v) is 9.06. The highest BCUT2D eigenvalue weighted by atomic mass is 32.2. The van der Waals surface area contributed by atoms with Crippen molar-refractivity contribution in [3.63, 3.8) is 0 Å². The SMILES string of the molecule is CCc1ccc(S(=O)(=O)Nc2ccc(Nc3cccc(C)c3C)cn2)s1. The number of nitrogens with zero attached hydrogens (tertiary/aromatic N) is 1. The molecule has 2 N–H and O–H groups in total. The first-order valence-corrected chi connectivity index (χ1v) is 10.6. The van der Waals surface area contributed by atoms with Gasteiger partial charge in [0.25, 0.3) is 10.0 Å². The predicted octanol–water partition coefficient (Wildman–Crippen LogP) is 4.87. The molecule has 0 fully saturated rings. The number of aromatic nitrogens is 1. The largest absolute Gasteiger partial charge is 0.354 e. The minimum atomic E-state index is -3.60. The molecule has 3 rings (SSSR count). The molecule has 2 aromatic heterocycles. The van der Waals surface area contributed by atoms with E-state index in [0.717, 1.165) is 22.7 Å². The van der Waals surface area contributed by atoms with Crippen LogP contribution in [0.1, 0.15) is 22.9 Å². The Balaban J connectivity index is 1.74. The summed E-state index contributed by atoms with van der Waals surface area (Å²) in [4.78, 5) is 5.25. The highest BCUT2D eigenvalue weighted by molar-refractivity contribution is 7.94. The third-order valence-electron chi connectivity index (χ3n) is 4.14. The van der Waals surface area contributed by atoms with E-state index in [2.05, 4.69) is 34.9 Å². The van der Waals surface area contributed by atoms with Crippen molar-refractivity contribution in [3.05, 3.63) is 64.7 Å². The Kier molecular flexibility index (Phi) is 5.29. The van der Waals surface area contributed by atoms with Gasteiger partial charge in [-0.2, -0.15) is 0 Å². The van der Waals surface area contributed by atoms with Gasteiger partial charge in [0.1, 0.15) is 10.0 Å². The number of pyridine rings is 1. The van der Waals surface area contributed by atoms with Crippen LogP contribution in [0.2, 0.25) is 0 Å². The normalized spacial score (nSPS) is 11.3. The predicted molar refractivity (Wildman–Crippen MR) is 108 cm³/mol. The number of anilines is 3. The lowest BCUT2D eigenvalue weighted by molar-refractivity contribution is 0.603. The maximum Gasteiger partial charge on any atom is 0.272 e. The van der Waals surface area contributed by atoms with Gasteiger partial charge < -0.3 is 5.32 Å². The Morgan fingerprint density at radius 3 is 2.54 bits per heavy atom. The van der Waals surface area contributed by atoms with Gasteiger partial charge in [0.15, 0.2) is 0 Å². The Bertz CT molecular complexity index is 1010. The van der Waals surface area contributed by atoms with Crippen molar-refractivity contribution in [1.82, 2.24) is 4.98 Å². The van der Waals surface area contributed by atoms with E-state index in [1.54, 1.807) is 24.4 Å². The van der Waals surface area contributed by atoms with Crippen LogP contribution in [0.4, 0.5) is 17.2 Å². The van der Waals surface area contributed by atoms with Crippen LogP contribution in [0.15, 0.2) is 52.9 Å². The number of thiophene rings is 1. The minimum Gasteiger partial charge on any atom is -0.354 e. The highest BCUT2D eigenvalue weighted by Gasteiger charge is 2.17. The zero-order chi connectivity index (χ0) is 18.7. The van der Waals surface area contributed by atoms with Gasteiger partial charge in [-0.3, -0.25) is 4.72 Å². The number of aryl methyl sites for hydroxylation is 2. The first kappa shape index (κ1) is 18.4. The Morgan fingerprint density at radius 1 is 1.08 bits per heavy atom. The molecule has 0 spiro atoms. The van der Waals surface area contributed by atoms with Crippen LogP contribution in [-0.2, 0) is 16.4 Å². The van der Waals surface area contributed by atoms with Crippen LogP contribution in [0.5, 0.6) is 0 Å². The van der Waals surface area contributed by atoms with Crippen LogP contribution >= 0.6 is 11.3 Å². The van der Waals surface area contributed by atoms with Crippen molar-refractivity contribution >= 4 is 38.6 Å². The van der Waals surface area contributed by atoms with Gasteiger partial charge in [0, 0.05) is 10.6 Å². The van der Waals surface area contributed by atoms with E-state index in [1.807, 2.05) is 25.1 Å². The van der Waals surface area contributed by atoms with Crippen LogP contribution in [0, 0.1) is 13.8 Å². The molecule has 3 aromatic rings. The lowest BCUT2D eigenvalue weighted by Crippen LogP contribution is -2.12. The summed E-state index contributed by atoms with van der Waals surface area (Å²) >= 11 is 1.28. The number of sulfonamides is 1. The molecule has 0 atom stereocenters. The molecule has 7 heteroatoms. The van der Waals surface area contributed by atoms with Crippen molar-refractivity contribution < 1.29 is 8.42 Å². The van der Waals surface area contributed by atoms with Crippen LogP contribution < -0.4 is 10.0 Å². The van der Waals surface area contributed by atoms with E-state index < -0.39 is 10.0 Å². The zero-order valence-electron chi connectivity index (χ0n) is 14.9. The van der Waals surface area contributed by atoms with Crippen molar-refractivity contribution in [1.29, 1.82) is 0 Å². The maximum atomic E-state index is 12.4. The molecule has 0 aliphatic carbocycles. The minimum absolute atomic E-state index is 0.294. The van der Waals surface area contributed by atoms with E-state index in [-0.39, 0.29) is 0 Å². The lowest BCUT2D eigenvalue weighted by Gasteiger charge is -2.12. The molecule has 0 unspecified atom stereocenters. The van der Waals surface area contributed by atoms with Crippen LogP contribution in [-0.4, -0.2) is 13.4 Å². The molecule has 0 aliphatic rings. The fourth-order valence-electron chi connectivity index (χ4n) is 2.45. The van der Waals surface area contributed by atoms with E-state index >= 15 is 0 Å². The zero-order valence-corrected chi connectivity index (χ0v) is 16.5. The fraction of sp³-hybridized carbons (Fsp3) is 0.211. The van der Waals surface area contributed by atoms with E-state index in [0.29, 0.717) is 10.0 Å². The van der Waals surface area contributed by atoms with Crippen molar-refractivity contribution in [3.8, 4) is 0 Å². The molecule has 0 amide bonds. The standard InChI is InChI=1S/C19H21N3O2S2/c1-4-16-9-11-19(25-16)26(23,24)22-18-10-8-15(12-20-18)21-17-7-5-6-13(2)14(17)3/h5-12,21H,4H2,1-3H3,(H,20,22). The molecule has 2 heterocycles. The fourth-order valence-corrected chi connectivity index (χ4v) is 4.75. The molecule has 0 saturated heterocycles. The van der Waals surface area contributed by atoms with Gasteiger partial charge in [0.2, 0.25) is 0 Å². The molecule has 26 heavy (non-hydrogen) atoms. The molecular formula is C19H21N3O2S2. The van der Waals surface area contributed by atoms with Crippen molar-refractivity contribution in [2.24, 2.45) is 0 Å². The second-order valence-electron chi connectivity index (χ2n) is 5.98. The maximum absolute atomic E-state index is 12.4. The number of benzene rings is 1. The summed E-state index contributed by atoms with van der Waals surface area (Å²) < 4.78 is 27.7. The summed E-state index contributed by atoms with van der Waals surface area (Å²) in [5.74, 6) is 0.294. The summed E-state index contributed by atoms with van der Waals surface area (Å²) in [6.07, 6.45) is 2.43. The van der Waals surface area contributed by atoms with Gasteiger partial charge in [-0.1, -0.05) is 19.1 Å². The number of rotatable bonds is 6. The molecule has 0 aliphatic heterocycles. The summed E-state index contributed by atoms with van der Waals surface area (Å²) in [6, 6.07) is 13.0. The topological polar surface area (TPSA) is 71.1 Å². The first-order chi connectivity index (χ1) is 12.4. The van der Waals surface area contributed by atoms with Crippen molar-refractivity contribution in [2.45, 2.75) is 31.4 Å². The Hall–Kier alpha value is -2.38. The lowest BCUT2D eigenvalue weighted by atomic mass is 10.1. The first-order valence-electron chi connectivity index (χ1n) is 8.30. The van der Waals surface area contributed by atoms with Crippen molar-refractivity contribution in [2.75, 3.05) is 10.0 Å². The molecule has 5 nitrogen and oxygen atoms in total. The van der Waals surface area contributed by atoms with Gasteiger partial charge in [0.05, 0.1) is 11.9 Å². The van der Waals surface area contributed by atoms with E-state index in [4.69, 9.17) is 0 Å². The van der Waals surface area contributed by atoms with Gasteiger partial charge in [-0.15, -0.1) is 11.3 Å². The Labute approximate surface area is 158 Å². The number of nitrogens with one attached hydrogen (secondary N) is 2. The molecule has 0 saturated carbocycles. The summed E-state index contributed by atoms with van der Waals surface area (Å²) in [5, 5.41) is 3.31. The Morgan fingerprint density at radius 2 is 1.88 bits per heavy atom. The third kappa shape index (κ3) is 4.05. The van der Waals surface area contributed by atoms with Gasteiger partial charge in [-0.25, -0.2) is 13.4 Å². The van der Waals surface area contributed by atoms with E-state index in [1.165, 1.54) is 22.5 Å². The molecule has 0 radical (unpaired) electrons. The summed E-state index contributed by atoms with van der Waals surface area (Å²) in [5.41, 5.74) is 4.17. The quantitative estimate of drug-likeness (QED) is 0.633. The summed E-state index contributed by atoms with van der Waals surface area (Å²) in [7, 11) is -3.60. The molecule has 0 bridgehead atoms. The highest BCUT2D eigenvalue weighted by Crippen LogP contribution is 2.25. The molecular weight excluding hydrogens is 366 g/mol. The monoisotopic (exact) mass is 387 g/mol. The second kappa shape index (κ2) is 7.47. The average Bonchev–Trinajstić information content (AvgIpc) is 3.11. The summed E-state index contributed by atoms with van der Waals surface area (Å²) in [6.45, 7) is 6.11. The molecule has 136 valence electrons. The third-order valence-corrected chi connectivity index (χ3v) is 7.21. The van der Waals surface area contributed by atoms with Gasteiger partial charge >= 0.3 is 0 Å². The number of hydrogen-bond donors (Lipinski definition) is 2. The van der Waals surface area contributed by atoms with Crippen LogP contribution in [0.25, 0.3) is 0 Å². The van der Waals surface area contributed by atoms with E-state index in [9.17, 15) is 8.42 Å².